The molecule has 0 saturated carbocycles. The number of carbonyl (C=O) groups is 2. The lowest BCUT2D eigenvalue weighted by molar-refractivity contribution is -0.138. The summed E-state index contributed by atoms with van der Waals surface area (Å²) in [6.07, 6.45) is 0.164. The number of nitrogens with zero attached hydrogens (tertiary/aromatic N) is 1. The first-order chi connectivity index (χ1) is 11.6. The molecule has 0 saturated heterocycles. The molecule has 0 radical (unpaired) electrons. The molecule has 0 atom stereocenters. The second-order valence-corrected chi connectivity index (χ2v) is 5.47. The van der Waals surface area contributed by atoms with E-state index in [0.29, 0.717) is 6.54 Å². The predicted octanol–water partition coefficient (Wildman–Crippen LogP) is 2.74. The third-order valence-corrected chi connectivity index (χ3v) is 3.68. The van der Waals surface area contributed by atoms with Gasteiger partial charge in [-0.2, -0.15) is 0 Å². The molecule has 5 nitrogen and oxygen atoms in total. The van der Waals surface area contributed by atoms with Gasteiger partial charge in [-0.15, -0.1) is 0 Å². The quantitative estimate of drug-likeness (QED) is 0.809. The van der Waals surface area contributed by atoms with E-state index in [0.717, 1.165) is 16.9 Å². The van der Waals surface area contributed by atoms with Crippen molar-refractivity contribution in [1.82, 2.24) is 4.90 Å². The Morgan fingerprint density at radius 2 is 1.67 bits per heavy atom. The second kappa shape index (κ2) is 8.72. The van der Waals surface area contributed by atoms with Gasteiger partial charge in [0.2, 0.25) is 5.91 Å². The van der Waals surface area contributed by atoms with Gasteiger partial charge >= 0.3 is 5.97 Å². The van der Waals surface area contributed by atoms with E-state index in [1.54, 1.807) is 24.1 Å². The smallest absolute Gasteiger partial charge is 0.305 e. The Morgan fingerprint density at radius 1 is 1.00 bits per heavy atom. The molecule has 0 aliphatic rings. The van der Waals surface area contributed by atoms with Crippen LogP contribution in [0.1, 0.15) is 17.5 Å². The van der Waals surface area contributed by atoms with Gasteiger partial charge in [0.25, 0.3) is 0 Å². The minimum Gasteiger partial charge on any atom is -0.497 e. The first-order valence-electron chi connectivity index (χ1n) is 7.75. The van der Waals surface area contributed by atoms with Gasteiger partial charge in [-0.1, -0.05) is 42.5 Å². The number of carbonyl (C=O) groups excluding carboxylic acids is 1. The number of hydrogen-bond acceptors (Lipinski definition) is 3. The fourth-order valence-electron chi connectivity index (χ4n) is 2.36. The lowest BCUT2D eigenvalue weighted by Gasteiger charge is -2.22. The summed E-state index contributed by atoms with van der Waals surface area (Å²) in [5.41, 5.74) is 1.85. The van der Waals surface area contributed by atoms with Crippen LogP contribution in [-0.2, 0) is 22.6 Å². The molecular formula is C19H21NO4. The molecule has 0 spiro atoms. The van der Waals surface area contributed by atoms with E-state index < -0.39 is 5.97 Å². The maximum Gasteiger partial charge on any atom is 0.305 e. The third-order valence-electron chi connectivity index (χ3n) is 3.68. The SMILES string of the molecule is COc1ccc(CC(=O)N(CCC(=O)O)Cc2ccccc2)cc1. The molecule has 0 aliphatic heterocycles. The third kappa shape index (κ3) is 5.43. The zero-order valence-corrected chi connectivity index (χ0v) is 13.6. The van der Waals surface area contributed by atoms with E-state index in [4.69, 9.17) is 9.84 Å². The van der Waals surface area contributed by atoms with Crippen LogP contribution >= 0.6 is 0 Å². The molecule has 24 heavy (non-hydrogen) atoms. The van der Waals surface area contributed by atoms with Crippen LogP contribution in [0.5, 0.6) is 5.75 Å². The van der Waals surface area contributed by atoms with Crippen molar-refractivity contribution in [3.63, 3.8) is 0 Å². The van der Waals surface area contributed by atoms with E-state index in [1.165, 1.54) is 0 Å². The normalized spacial score (nSPS) is 10.2. The minimum atomic E-state index is -0.912. The van der Waals surface area contributed by atoms with Crippen LogP contribution in [-0.4, -0.2) is 35.5 Å². The van der Waals surface area contributed by atoms with Gasteiger partial charge in [0.15, 0.2) is 0 Å². The van der Waals surface area contributed by atoms with E-state index in [1.807, 2.05) is 42.5 Å². The van der Waals surface area contributed by atoms with Crippen molar-refractivity contribution in [3.05, 3.63) is 65.7 Å². The number of amides is 1. The number of aliphatic carboxylic acids is 1. The molecule has 5 heteroatoms. The average Bonchev–Trinajstić information content (AvgIpc) is 2.60. The average molecular weight is 327 g/mol. The van der Waals surface area contributed by atoms with Crippen molar-refractivity contribution >= 4 is 11.9 Å². The van der Waals surface area contributed by atoms with Crippen molar-refractivity contribution in [3.8, 4) is 5.75 Å². The van der Waals surface area contributed by atoms with E-state index in [2.05, 4.69) is 0 Å². The molecule has 126 valence electrons. The van der Waals surface area contributed by atoms with Crippen LogP contribution < -0.4 is 4.74 Å². The van der Waals surface area contributed by atoms with Crippen molar-refractivity contribution in [2.45, 2.75) is 19.4 Å². The summed E-state index contributed by atoms with van der Waals surface area (Å²) in [5, 5.41) is 8.91. The highest BCUT2D eigenvalue weighted by Gasteiger charge is 2.16. The van der Waals surface area contributed by atoms with Crippen LogP contribution in [0, 0.1) is 0 Å². The number of benzene rings is 2. The Kier molecular flexibility index (Phi) is 6.37. The summed E-state index contributed by atoms with van der Waals surface area (Å²) in [7, 11) is 1.59. The zero-order chi connectivity index (χ0) is 17.4. The molecule has 2 rings (SSSR count). The Hall–Kier alpha value is -2.82. The van der Waals surface area contributed by atoms with Crippen molar-refractivity contribution in [2.75, 3.05) is 13.7 Å². The van der Waals surface area contributed by atoms with Gasteiger partial charge in [0.1, 0.15) is 5.75 Å². The Balaban J connectivity index is 2.06. The summed E-state index contributed by atoms with van der Waals surface area (Å²) >= 11 is 0. The molecule has 2 aromatic carbocycles. The number of methoxy groups -OCH3 is 1. The molecule has 0 aliphatic carbocycles. The Morgan fingerprint density at radius 3 is 2.25 bits per heavy atom. The van der Waals surface area contributed by atoms with Crippen LogP contribution in [0.25, 0.3) is 0 Å². The summed E-state index contributed by atoms with van der Waals surface area (Å²) in [6.45, 7) is 0.600. The topological polar surface area (TPSA) is 66.8 Å². The number of carboxylic acid groups (broad SMARTS) is 1. The zero-order valence-electron chi connectivity index (χ0n) is 13.6. The van der Waals surface area contributed by atoms with E-state index in [-0.39, 0.29) is 25.3 Å². The number of rotatable bonds is 8. The first kappa shape index (κ1) is 17.5. The van der Waals surface area contributed by atoms with Crippen LogP contribution in [0.2, 0.25) is 0 Å². The first-order valence-corrected chi connectivity index (χ1v) is 7.75. The van der Waals surface area contributed by atoms with Crippen molar-refractivity contribution in [2.24, 2.45) is 0 Å². The summed E-state index contributed by atoms with van der Waals surface area (Å²) in [4.78, 5) is 25.0. The largest absolute Gasteiger partial charge is 0.497 e. The molecule has 0 heterocycles. The monoisotopic (exact) mass is 327 g/mol. The van der Waals surface area contributed by atoms with E-state index in [9.17, 15) is 9.59 Å². The van der Waals surface area contributed by atoms with Crippen LogP contribution in [0.4, 0.5) is 0 Å². The van der Waals surface area contributed by atoms with Gasteiger partial charge in [0, 0.05) is 13.1 Å². The molecular weight excluding hydrogens is 306 g/mol. The van der Waals surface area contributed by atoms with Crippen molar-refractivity contribution < 1.29 is 19.4 Å². The molecule has 0 unspecified atom stereocenters. The number of hydrogen-bond donors (Lipinski definition) is 1. The highest BCUT2D eigenvalue weighted by Crippen LogP contribution is 2.14. The van der Waals surface area contributed by atoms with Gasteiger partial charge in [0.05, 0.1) is 20.0 Å². The predicted molar refractivity (Wildman–Crippen MR) is 90.8 cm³/mol. The summed E-state index contributed by atoms with van der Waals surface area (Å²) in [6, 6.07) is 16.9. The molecule has 0 fully saturated rings. The molecule has 1 amide bonds. The van der Waals surface area contributed by atoms with Gasteiger partial charge in [-0.05, 0) is 23.3 Å². The number of ether oxygens (including phenoxy) is 1. The summed E-state index contributed by atoms with van der Waals surface area (Å²) in [5.74, 6) is -0.270. The lowest BCUT2D eigenvalue weighted by atomic mass is 10.1. The molecule has 2 aromatic rings. The summed E-state index contributed by atoms with van der Waals surface area (Å²) < 4.78 is 5.10. The van der Waals surface area contributed by atoms with Gasteiger partial charge in [-0.25, -0.2) is 0 Å². The fraction of sp³-hybridized carbons (Fsp3) is 0.263. The van der Waals surface area contributed by atoms with Crippen molar-refractivity contribution in [1.29, 1.82) is 0 Å². The fourth-order valence-corrected chi connectivity index (χ4v) is 2.36. The maximum atomic E-state index is 12.6. The highest BCUT2D eigenvalue weighted by molar-refractivity contribution is 5.79. The Labute approximate surface area is 141 Å². The minimum absolute atomic E-state index is 0.0683. The molecule has 0 aromatic heterocycles. The van der Waals surface area contributed by atoms with Gasteiger partial charge in [-0.3, -0.25) is 9.59 Å². The highest BCUT2D eigenvalue weighted by atomic mass is 16.5. The Bertz CT molecular complexity index is 668. The van der Waals surface area contributed by atoms with Gasteiger partial charge < -0.3 is 14.7 Å². The lowest BCUT2D eigenvalue weighted by Crippen LogP contribution is -2.33. The van der Waals surface area contributed by atoms with Crippen LogP contribution in [0.3, 0.4) is 0 Å². The standard InChI is InChI=1S/C19H21NO4/c1-24-17-9-7-15(8-10-17)13-18(21)20(12-11-19(22)23)14-16-5-3-2-4-6-16/h2-10H,11-14H2,1H3,(H,22,23). The van der Waals surface area contributed by atoms with Crippen LogP contribution in [0.15, 0.2) is 54.6 Å². The molecule has 1 N–H and O–H groups in total. The second-order valence-electron chi connectivity index (χ2n) is 5.47. The van der Waals surface area contributed by atoms with E-state index >= 15 is 0 Å². The maximum absolute atomic E-state index is 12.6. The number of carboxylic acids is 1. The molecule has 0 bridgehead atoms.